The molecule has 1 N–H and O–H groups in total. The lowest BCUT2D eigenvalue weighted by Crippen LogP contribution is -2.09. The van der Waals surface area contributed by atoms with Gasteiger partial charge in [0.15, 0.2) is 0 Å². The van der Waals surface area contributed by atoms with Gasteiger partial charge in [-0.15, -0.1) is 11.3 Å². The molecule has 2 aromatic heterocycles. The van der Waals surface area contributed by atoms with Gasteiger partial charge in [0.1, 0.15) is 21.3 Å². The van der Waals surface area contributed by atoms with E-state index >= 15 is 0 Å². The third kappa shape index (κ3) is 2.70. The minimum Gasteiger partial charge on any atom is -0.361 e. The number of thiazole rings is 1. The van der Waals surface area contributed by atoms with E-state index in [9.17, 15) is 0 Å². The van der Waals surface area contributed by atoms with Crippen LogP contribution < -0.4 is 5.32 Å². The van der Waals surface area contributed by atoms with Crippen molar-refractivity contribution < 1.29 is 0 Å². The van der Waals surface area contributed by atoms with Crippen molar-refractivity contribution in [3.63, 3.8) is 0 Å². The Bertz CT molecular complexity index is 539. The summed E-state index contributed by atoms with van der Waals surface area (Å²) in [5.74, 6) is 2.36. The van der Waals surface area contributed by atoms with E-state index in [2.05, 4.69) is 43.1 Å². The van der Waals surface area contributed by atoms with E-state index in [4.69, 9.17) is 0 Å². The molecule has 18 heavy (non-hydrogen) atoms. The highest BCUT2D eigenvalue weighted by Crippen LogP contribution is 2.39. The number of hydrogen-bond acceptors (Lipinski definition) is 5. The average Bonchev–Trinajstić information content (AvgIpc) is 3.03. The van der Waals surface area contributed by atoms with Gasteiger partial charge in [-0.2, -0.15) is 0 Å². The zero-order valence-corrected chi connectivity index (χ0v) is 12.3. The summed E-state index contributed by atoms with van der Waals surface area (Å²) in [6, 6.07) is 2.08. The average molecular weight is 325 g/mol. The molecule has 0 bridgehead atoms. The molecule has 1 fully saturated rings. The Kier molecular flexibility index (Phi) is 3.30. The highest BCUT2D eigenvalue weighted by molar-refractivity contribution is 9.10. The second-order valence-corrected chi connectivity index (χ2v) is 6.18. The van der Waals surface area contributed by atoms with Crippen LogP contribution in [0.15, 0.2) is 22.2 Å². The van der Waals surface area contributed by atoms with E-state index in [0.717, 1.165) is 21.3 Å². The normalized spacial score (nSPS) is 16.6. The van der Waals surface area contributed by atoms with Crippen molar-refractivity contribution >= 4 is 33.1 Å². The summed E-state index contributed by atoms with van der Waals surface area (Å²) in [6.07, 6.45) is 4.24. The summed E-state index contributed by atoms with van der Waals surface area (Å²) in [4.78, 5) is 13.3. The maximum Gasteiger partial charge on any atom is 0.135 e. The molecular weight excluding hydrogens is 312 g/mol. The van der Waals surface area contributed by atoms with Gasteiger partial charge < -0.3 is 5.32 Å². The highest BCUT2D eigenvalue weighted by atomic mass is 79.9. The van der Waals surface area contributed by atoms with Gasteiger partial charge in [0.25, 0.3) is 0 Å². The van der Waals surface area contributed by atoms with Gasteiger partial charge in [0.2, 0.25) is 0 Å². The van der Waals surface area contributed by atoms with Crippen LogP contribution in [0.1, 0.15) is 42.6 Å². The van der Waals surface area contributed by atoms with Crippen LogP contribution in [0.2, 0.25) is 0 Å². The predicted octanol–water partition coefficient (Wildman–Crippen LogP) is 3.75. The van der Waals surface area contributed by atoms with Crippen LogP contribution in [-0.4, -0.2) is 15.0 Å². The Balaban J connectivity index is 1.79. The van der Waals surface area contributed by atoms with E-state index in [1.54, 1.807) is 11.3 Å². The Morgan fingerprint density at radius 2 is 2.28 bits per heavy atom. The van der Waals surface area contributed by atoms with Crippen molar-refractivity contribution in [2.45, 2.75) is 31.7 Å². The van der Waals surface area contributed by atoms with Crippen LogP contribution in [0, 0.1) is 0 Å². The minimum atomic E-state index is 0.166. The maximum atomic E-state index is 4.57. The van der Waals surface area contributed by atoms with Crippen LogP contribution >= 0.6 is 27.3 Å². The lowest BCUT2D eigenvalue weighted by molar-refractivity contribution is 0.841. The molecule has 1 saturated carbocycles. The Hall–Kier alpha value is -1.01. The van der Waals surface area contributed by atoms with Crippen LogP contribution in [0.3, 0.4) is 0 Å². The van der Waals surface area contributed by atoms with Gasteiger partial charge in [-0.3, -0.25) is 0 Å². The largest absolute Gasteiger partial charge is 0.361 e. The number of rotatable bonds is 4. The standard InChI is InChI=1S/C12H13BrN4S/c1-7(12-14-4-5-18-12)15-10-6-9(13)16-11(17-10)8-2-3-8/h4-8H,2-3H2,1H3,(H,15,16,17). The number of nitrogens with zero attached hydrogens (tertiary/aromatic N) is 3. The quantitative estimate of drug-likeness (QED) is 0.870. The molecule has 0 amide bonds. The van der Waals surface area contributed by atoms with Crippen molar-refractivity contribution in [1.29, 1.82) is 0 Å². The molecule has 3 rings (SSSR count). The molecule has 0 aromatic carbocycles. The van der Waals surface area contributed by atoms with Gasteiger partial charge in [-0.1, -0.05) is 0 Å². The third-order valence-electron chi connectivity index (χ3n) is 2.84. The fourth-order valence-corrected chi connectivity index (χ4v) is 2.81. The van der Waals surface area contributed by atoms with Crippen molar-refractivity contribution in [1.82, 2.24) is 15.0 Å². The first-order valence-electron chi connectivity index (χ1n) is 5.93. The third-order valence-corrected chi connectivity index (χ3v) is 4.21. The topological polar surface area (TPSA) is 50.7 Å². The van der Waals surface area contributed by atoms with Crippen molar-refractivity contribution in [2.75, 3.05) is 5.32 Å². The first-order valence-corrected chi connectivity index (χ1v) is 7.60. The molecule has 1 aliphatic carbocycles. The maximum absolute atomic E-state index is 4.57. The Labute approximate surface area is 118 Å². The lowest BCUT2D eigenvalue weighted by atomic mass is 10.3. The fraction of sp³-hybridized carbons (Fsp3) is 0.417. The minimum absolute atomic E-state index is 0.166. The molecule has 94 valence electrons. The highest BCUT2D eigenvalue weighted by Gasteiger charge is 2.27. The van der Waals surface area contributed by atoms with E-state index in [-0.39, 0.29) is 6.04 Å². The first-order chi connectivity index (χ1) is 8.72. The number of nitrogens with one attached hydrogen (secondary N) is 1. The van der Waals surface area contributed by atoms with Crippen LogP contribution in [-0.2, 0) is 0 Å². The molecule has 0 spiro atoms. The van der Waals surface area contributed by atoms with Gasteiger partial charge in [0, 0.05) is 23.6 Å². The van der Waals surface area contributed by atoms with E-state index in [1.165, 1.54) is 12.8 Å². The van der Waals surface area contributed by atoms with Crippen molar-refractivity contribution in [2.24, 2.45) is 0 Å². The zero-order chi connectivity index (χ0) is 12.5. The van der Waals surface area contributed by atoms with E-state index in [1.807, 2.05) is 17.6 Å². The molecule has 1 unspecified atom stereocenters. The number of anilines is 1. The molecule has 1 aliphatic rings. The molecule has 0 saturated heterocycles. The number of hydrogen-bond donors (Lipinski definition) is 1. The van der Waals surface area contributed by atoms with Crippen molar-refractivity contribution in [3.8, 4) is 0 Å². The van der Waals surface area contributed by atoms with Gasteiger partial charge in [-0.05, 0) is 35.7 Å². The monoisotopic (exact) mass is 324 g/mol. The molecule has 4 nitrogen and oxygen atoms in total. The van der Waals surface area contributed by atoms with Crippen LogP contribution in [0.25, 0.3) is 0 Å². The summed E-state index contributed by atoms with van der Waals surface area (Å²) in [7, 11) is 0. The molecule has 2 aromatic rings. The Morgan fingerprint density at radius 1 is 1.44 bits per heavy atom. The van der Waals surface area contributed by atoms with Crippen molar-refractivity contribution in [3.05, 3.63) is 33.1 Å². The second-order valence-electron chi connectivity index (χ2n) is 4.44. The SMILES string of the molecule is CC(Nc1cc(Br)nc(C2CC2)n1)c1nccs1. The van der Waals surface area contributed by atoms with E-state index in [0.29, 0.717) is 5.92 Å². The molecule has 0 aliphatic heterocycles. The zero-order valence-electron chi connectivity index (χ0n) is 9.93. The molecule has 0 radical (unpaired) electrons. The van der Waals surface area contributed by atoms with Gasteiger partial charge >= 0.3 is 0 Å². The summed E-state index contributed by atoms with van der Waals surface area (Å²) in [5.41, 5.74) is 0. The van der Waals surface area contributed by atoms with Crippen LogP contribution in [0.5, 0.6) is 0 Å². The summed E-state index contributed by atoms with van der Waals surface area (Å²) < 4.78 is 0.841. The summed E-state index contributed by atoms with van der Waals surface area (Å²) in [5, 5.41) is 6.43. The molecule has 6 heteroatoms. The lowest BCUT2D eigenvalue weighted by Gasteiger charge is -2.12. The smallest absolute Gasteiger partial charge is 0.135 e. The number of aromatic nitrogens is 3. The van der Waals surface area contributed by atoms with Crippen LogP contribution in [0.4, 0.5) is 5.82 Å². The van der Waals surface area contributed by atoms with Gasteiger partial charge in [0.05, 0.1) is 6.04 Å². The first kappa shape index (κ1) is 12.0. The summed E-state index contributed by atoms with van der Waals surface area (Å²) in [6.45, 7) is 2.09. The second kappa shape index (κ2) is 4.93. The predicted molar refractivity (Wildman–Crippen MR) is 75.9 cm³/mol. The number of halogens is 1. The van der Waals surface area contributed by atoms with E-state index < -0.39 is 0 Å². The summed E-state index contributed by atoms with van der Waals surface area (Å²) >= 11 is 5.09. The molecular formula is C12H13BrN4S. The molecule has 2 heterocycles. The van der Waals surface area contributed by atoms with Gasteiger partial charge in [-0.25, -0.2) is 15.0 Å². The molecule has 1 atom stereocenters. The fourth-order valence-electron chi connectivity index (χ4n) is 1.77. The Morgan fingerprint density at radius 3 is 2.94 bits per heavy atom.